The Balaban J connectivity index is 2.26. The van der Waals surface area contributed by atoms with E-state index in [2.05, 4.69) is 15.3 Å². The summed E-state index contributed by atoms with van der Waals surface area (Å²) in [5.74, 6) is 1.50. The number of nitrogens with one attached hydrogen (secondary N) is 1. The Morgan fingerprint density at radius 2 is 1.85 bits per heavy atom. The molecular formula is C16H14ClN3. The van der Waals surface area contributed by atoms with E-state index in [0.29, 0.717) is 10.8 Å². The van der Waals surface area contributed by atoms with Crippen LogP contribution in [0.4, 0.5) is 5.82 Å². The Morgan fingerprint density at radius 1 is 1.05 bits per heavy atom. The van der Waals surface area contributed by atoms with Crippen molar-refractivity contribution in [2.24, 2.45) is 0 Å². The Labute approximate surface area is 122 Å². The van der Waals surface area contributed by atoms with Gasteiger partial charge in [-0.1, -0.05) is 23.7 Å². The van der Waals surface area contributed by atoms with Gasteiger partial charge in [0.25, 0.3) is 0 Å². The fourth-order valence-corrected chi connectivity index (χ4v) is 2.55. The Bertz CT molecular complexity index is 764. The highest BCUT2D eigenvalue weighted by molar-refractivity contribution is 6.30. The van der Waals surface area contributed by atoms with Crippen molar-refractivity contribution < 1.29 is 0 Å². The van der Waals surface area contributed by atoms with Crippen molar-refractivity contribution in [2.45, 2.75) is 6.92 Å². The Hall–Kier alpha value is -2.13. The molecule has 0 aliphatic heterocycles. The predicted octanol–water partition coefficient (Wildman–Crippen LogP) is 4.30. The van der Waals surface area contributed by atoms with Gasteiger partial charge >= 0.3 is 0 Å². The number of hydrogen-bond donors (Lipinski definition) is 1. The minimum atomic E-state index is 0.679. The minimum Gasteiger partial charge on any atom is -0.373 e. The summed E-state index contributed by atoms with van der Waals surface area (Å²) in [6.45, 7) is 2.01. The molecule has 3 rings (SSSR count). The molecule has 0 amide bonds. The molecule has 100 valence electrons. The van der Waals surface area contributed by atoms with E-state index >= 15 is 0 Å². The van der Waals surface area contributed by atoms with E-state index in [-0.39, 0.29) is 0 Å². The lowest BCUT2D eigenvalue weighted by Crippen LogP contribution is -1.98. The van der Waals surface area contributed by atoms with Gasteiger partial charge in [0.2, 0.25) is 0 Å². The van der Waals surface area contributed by atoms with Crippen LogP contribution < -0.4 is 5.32 Å². The minimum absolute atomic E-state index is 0.679. The van der Waals surface area contributed by atoms with Crippen LogP contribution in [0.1, 0.15) is 5.56 Å². The third-order valence-electron chi connectivity index (χ3n) is 3.14. The smallest absolute Gasteiger partial charge is 0.162 e. The summed E-state index contributed by atoms with van der Waals surface area (Å²) < 4.78 is 0. The van der Waals surface area contributed by atoms with Gasteiger partial charge in [-0.25, -0.2) is 9.97 Å². The first-order chi connectivity index (χ1) is 9.67. The molecule has 4 heteroatoms. The molecule has 1 aromatic heterocycles. The van der Waals surface area contributed by atoms with Crippen molar-refractivity contribution in [3.8, 4) is 11.4 Å². The monoisotopic (exact) mass is 283 g/mol. The van der Waals surface area contributed by atoms with Crippen molar-refractivity contribution in [1.82, 2.24) is 9.97 Å². The molecule has 0 spiro atoms. The third-order valence-corrected chi connectivity index (χ3v) is 3.36. The lowest BCUT2D eigenvalue weighted by molar-refractivity contribution is 1.21. The molecule has 3 nitrogen and oxygen atoms in total. The van der Waals surface area contributed by atoms with Crippen LogP contribution >= 0.6 is 11.6 Å². The fourth-order valence-electron chi connectivity index (χ4n) is 2.26. The second-order valence-electron chi connectivity index (χ2n) is 4.68. The lowest BCUT2D eigenvalue weighted by atomic mass is 10.1. The Morgan fingerprint density at radius 3 is 2.60 bits per heavy atom. The predicted molar refractivity (Wildman–Crippen MR) is 84.3 cm³/mol. The molecule has 0 radical (unpaired) electrons. The first kappa shape index (κ1) is 12.9. The van der Waals surface area contributed by atoms with Crippen molar-refractivity contribution in [3.63, 3.8) is 0 Å². The van der Waals surface area contributed by atoms with E-state index in [4.69, 9.17) is 11.6 Å². The molecule has 0 aliphatic carbocycles. The maximum Gasteiger partial charge on any atom is 0.162 e. The molecule has 1 N–H and O–H groups in total. The number of halogens is 1. The molecule has 0 unspecified atom stereocenters. The summed E-state index contributed by atoms with van der Waals surface area (Å²) in [6.07, 6.45) is 0. The number of nitrogens with zero attached hydrogens (tertiary/aromatic N) is 2. The molecule has 0 aliphatic rings. The van der Waals surface area contributed by atoms with Gasteiger partial charge in [-0.05, 0) is 42.8 Å². The zero-order chi connectivity index (χ0) is 14.1. The quantitative estimate of drug-likeness (QED) is 0.762. The van der Waals surface area contributed by atoms with Crippen molar-refractivity contribution >= 4 is 28.3 Å². The highest BCUT2D eigenvalue weighted by Gasteiger charge is 2.09. The van der Waals surface area contributed by atoms with Crippen LogP contribution in [0, 0.1) is 6.92 Å². The van der Waals surface area contributed by atoms with E-state index in [1.807, 2.05) is 56.4 Å². The van der Waals surface area contributed by atoms with Crippen LogP contribution in [0.25, 0.3) is 22.3 Å². The van der Waals surface area contributed by atoms with Crippen LogP contribution in [0.3, 0.4) is 0 Å². The summed E-state index contributed by atoms with van der Waals surface area (Å²) in [5, 5.41) is 4.83. The summed E-state index contributed by atoms with van der Waals surface area (Å²) >= 11 is 6.12. The molecule has 0 saturated carbocycles. The number of hydrogen-bond acceptors (Lipinski definition) is 3. The van der Waals surface area contributed by atoms with Crippen LogP contribution in [0.5, 0.6) is 0 Å². The molecule has 0 bridgehead atoms. The molecule has 3 aromatic rings. The summed E-state index contributed by atoms with van der Waals surface area (Å²) in [7, 11) is 1.86. The Kier molecular flexibility index (Phi) is 3.28. The number of benzene rings is 2. The first-order valence-electron chi connectivity index (χ1n) is 6.39. The van der Waals surface area contributed by atoms with Crippen LogP contribution in [-0.2, 0) is 0 Å². The van der Waals surface area contributed by atoms with Gasteiger partial charge in [0.1, 0.15) is 5.82 Å². The SMILES string of the molecule is CNc1nc(-c2cc(C)cc(Cl)c2)nc2ccccc12. The average Bonchev–Trinajstić information content (AvgIpc) is 2.45. The lowest BCUT2D eigenvalue weighted by Gasteiger charge is -2.09. The maximum absolute atomic E-state index is 6.12. The van der Waals surface area contributed by atoms with Gasteiger partial charge in [0.15, 0.2) is 5.82 Å². The highest BCUT2D eigenvalue weighted by atomic mass is 35.5. The number of fused-ring (bicyclic) bond motifs is 1. The number of anilines is 1. The normalized spacial score (nSPS) is 10.8. The van der Waals surface area contributed by atoms with Crippen molar-refractivity contribution in [1.29, 1.82) is 0 Å². The maximum atomic E-state index is 6.12. The summed E-state index contributed by atoms with van der Waals surface area (Å²) in [5.41, 5.74) is 2.94. The molecule has 1 heterocycles. The van der Waals surface area contributed by atoms with Crippen molar-refractivity contribution in [3.05, 3.63) is 53.1 Å². The molecule has 0 fully saturated rings. The van der Waals surface area contributed by atoms with E-state index in [0.717, 1.165) is 27.8 Å². The van der Waals surface area contributed by atoms with Gasteiger partial charge in [0.05, 0.1) is 5.52 Å². The zero-order valence-electron chi connectivity index (χ0n) is 11.3. The number of aryl methyl sites for hydroxylation is 1. The number of aromatic nitrogens is 2. The van der Waals surface area contributed by atoms with Crippen LogP contribution in [0.2, 0.25) is 5.02 Å². The van der Waals surface area contributed by atoms with Gasteiger partial charge in [0, 0.05) is 23.0 Å². The van der Waals surface area contributed by atoms with Gasteiger partial charge in [-0.2, -0.15) is 0 Å². The summed E-state index contributed by atoms with van der Waals surface area (Å²) in [6, 6.07) is 13.8. The molecule has 2 aromatic carbocycles. The van der Waals surface area contributed by atoms with Gasteiger partial charge < -0.3 is 5.32 Å². The zero-order valence-corrected chi connectivity index (χ0v) is 12.1. The van der Waals surface area contributed by atoms with E-state index in [1.165, 1.54) is 0 Å². The summed E-state index contributed by atoms with van der Waals surface area (Å²) in [4.78, 5) is 9.22. The van der Waals surface area contributed by atoms with Crippen molar-refractivity contribution in [2.75, 3.05) is 12.4 Å². The largest absolute Gasteiger partial charge is 0.373 e. The van der Waals surface area contributed by atoms with Gasteiger partial charge in [-0.15, -0.1) is 0 Å². The van der Waals surface area contributed by atoms with E-state index < -0.39 is 0 Å². The van der Waals surface area contributed by atoms with E-state index in [1.54, 1.807) is 0 Å². The highest BCUT2D eigenvalue weighted by Crippen LogP contribution is 2.26. The molecule has 0 atom stereocenters. The average molecular weight is 284 g/mol. The van der Waals surface area contributed by atoms with Crippen LogP contribution in [0.15, 0.2) is 42.5 Å². The van der Waals surface area contributed by atoms with Gasteiger partial charge in [-0.3, -0.25) is 0 Å². The third kappa shape index (κ3) is 2.32. The second-order valence-corrected chi connectivity index (χ2v) is 5.12. The number of para-hydroxylation sites is 1. The second kappa shape index (κ2) is 5.10. The molecule has 20 heavy (non-hydrogen) atoms. The first-order valence-corrected chi connectivity index (χ1v) is 6.77. The fraction of sp³-hybridized carbons (Fsp3) is 0.125. The molecular weight excluding hydrogens is 270 g/mol. The number of rotatable bonds is 2. The van der Waals surface area contributed by atoms with Crippen LogP contribution in [-0.4, -0.2) is 17.0 Å². The standard InChI is InChI=1S/C16H14ClN3/c1-10-7-11(9-12(17)8-10)15-19-14-6-4-3-5-13(14)16(18-2)20-15/h3-9H,1-2H3,(H,18,19,20). The van der Waals surface area contributed by atoms with E-state index in [9.17, 15) is 0 Å². The topological polar surface area (TPSA) is 37.8 Å². The molecule has 0 saturated heterocycles.